The molecule has 0 aliphatic carbocycles. The fraction of sp³-hybridized carbons (Fsp3) is 0.0435. The number of aromatic nitrogens is 4. The Labute approximate surface area is 193 Å². The molecule has 0 fully saturated rings. The van der Waals surface area contributed by atoms with Gasteiger partial charge in [0.2, 0.25) is 0 Å². The fourth-order valence-corrected chi connectivity index (χ4v) is 3.95. The Hall–Kier alpha value is -3.79. The third kappa shape index (κ3) is 3.82. The summed E-state index contributed by atoms with van der Waals surface area (Å²) in [5.41, 5.74) is 1.13. The molecule has 0 atom stereocenters. The third-order valence-electron chi connectivity index (χ3n) is 5.07. The zero-order valence-corrected chi connectivity index (χ0v) is 18.2. The Balaban J connectivity index is 1.61. The number of carbonyl (C=O) groups is 1. The first-order valence-electron chi connectivity index (χ1n) is 9.70. The first kappa shape index (κ1) is 21.1. The number of hydrogen-bond acceptors (Lipinski definition) is 4. The molecule has 1 amide bonds. The van der Waals surface area contributed by atoms with Gasteiger partial charge in [0.05, 0.1) is 23.1 Å². The Morgan fingerprint density at radius 3 is 2.64 bits per heavy atom. The van der Waals surface area contributed by atoms with Gasteiger partial charge in [-0.05, 0) is 48.5 Å². The molecule has 0 saturated carbocycles. The van der Waals surface area contributed by atoms with Crippen LogP contribution in [0.1, 0.15) is 22.5 Å². The molecule has 0 spiro atoms. The highest BCUT2D eigenvalue weighted by Gasteiger charge is 2.22. The molecule has 5 aromatic rings. The first-order valence-corrected chi connectivity index (χ1v) is 10.5. The van der Waals surface area contributed by atoms with Crippen LogP contribution in [0.3, 0.4) is 0 Å². The van der Waals surface area contributed by atoms with E-state index in [0.29, 0.717) is 16.8 Å². The molecule has 0 saturated heterocycles. The van der Waals surface area contributed by atoms with Crippen molar-refractivity contribution in [3.05, 3.63) is 88.5 Å². The van der Waals surface area contributed by atoms with E-state index in [1.54, 1.807) is 24.4 Å². The Morgan fingerprint density at radius 2 is 1.88 bits per heavy atom. The van der Waals surface area contributed by atoms with E-state index < -0.39 is 23.8 Å². The van der Waals surface area contributed by atoms with Crippen LogP contribution >= 0.6 is 15.9 Å². The van der Waals surface area contributed by atoms with Gasteiger partial charge in [0.1, 0.15) is 17.1 Å². The number of rotatable bonds is 4. The summed E-state index contributed by atoms with van der Waals surface area (Å²) >= 11 is 3.45. The number of alkyl halides is 2. The average molecular weight is 512 g/mol. The van der Waals surface area contributed by atoms with E-state index >= 15 is 0 Å². The van der Waals surface area contributed by atoms with Gasteiger partial charge in [-0.15, -0.1) is 0 Å². The van der Waals surface area contributed by atoms with Crippen molar-refractivity contribution in [3.8, 4) is 11.3 Å². The maximum Gasteiger partial charge on any atom is 0.280 e. The van der Waals surface area contributed by atoms with E-state index in [0.717, 1.165) is 14.4 Å². The van der Waals surface area contributed by atoms with E-state index in [9.17, 15) is 18.0 Å². The van der Waals surface area contributed by atoms with E-state index in [1.165, 1.54) is 36.5 Å². The van der Waals surface area contributed by atoms with E-state index in [-0.39, 0.29) is 16.9 Å². The topological polar surface area (TPSA) is 72.2 Å². The summed E-state index contributed by atoms with van der Waals surface area (Å²) in [6, 6.07) is 13.5. The van der Waals surface area contributed by atoms with Crippen LogP contribution in [0, 0.1) is 5.82 Å². The van der Waals surface area contributed by atoms with Crippen molar-refractivity contribution in [1.29, 1.82) is 0 Å². The van der Waals surface area contributed by atoms with Gasteiger partial charge in [-0.25, -0.2) is 22.7 Å². The number of nitrogens with one attached hydrogen (secondary N) is 1. The standard InChI is InChI=1S/C23H13BrF3N5O/c24-16-7-8-17(20-14(16)2-1-9-28-20)31-23(33)15-11-29-32-19(21(26)27)10-18(30-22(15)32)12-3-5-13(25)6-4-12/h1-11,21H,(H,31,33). The van der Waals surface area contributed by atoms with Crippen molar-refractivity contribution < 1.29 is 18.0 Å². The van der Waals surface area contributed by atoms with Gasteiger partial charge in [0.15, 0.2) is 5.65 Å². The second-order valence-electron chi connectivity index (χ2n) is 7.12. The number of halogens is 4. The van der Waals surface area contributed by atoms with E-state index in [1.807, 2.05) is 6.07 Å². The largest absolute Gasteiger partial charge is 0.320 e. The molecule has 0 aliphatic heterocycles. The minimum absolute atomic E-state index is 0.00728. The van der Waals surface area contributed by atoms with E-state index in [2.05, 4.69) is 36.3 Å². The lowest BCUT2D eigenvalue weighted by Crippen LogP contribution is -2.13. The van der Waals surface area contributed by atoms with Crippen LogP contribution in [0.4, 0.5) is 18.9 Å². The lowest BCUT2D eigenvalue weighted by molar-refractivity contribution is 0.102. The molecule has 10 heteroatoms. The lowest BCUT2D eigenvalue weighted by Gasteiger charge is -2.10. The quantitative estimate of drug-likeness (QED) is 0.319. The summed E-state index contributed by atoms with van der Waals surface area (Å²) in [5.74, 6) is -1.04. The molecule has 0 radical (unpaired) electrons. The van der Waals surface area contributed by atoms with Gasteiger partial charge in [-0.3, -0.25) is 9.78 Å². The highest BCUT2D eigenvalue weighted by Crippen LogP contribution is 2.30. The summed E-state index contributed by atoms with van der Waals surface area (Å²) in [5, 5.41) is 7.53. The molecule has 33 heavy (non-hydrogen) atoms. The van der Waals surface area contributed by atoms with E-state index in [4.69, 9.17) is 0 Å². The molecule has 0 bridgehead atoms. The zero-order chi connectivity index (χ0) is 23.1. The second kappa shape index (κ2) is 8.28. The average Bonchev–Trinajstić information content (AvgIpc) is 3.25. The predicted molar refractivity (Wildman–Crippen MR) is 121 cm³/mol. The van der Waals surface area contributed by atoms with Crippen LogP contribution < -0.4 is 5.32 Å². The number of anilines is 1. The fourth-order valence-electron chi connectivity index (χ4n) is 3.50. The summed E-state index contributed by atoms with van der Waals surface area (Å²) in [7, 11) is 0. The van der Waals surface area contributed by atoms with Gasteiger partial charge < -0.3 is 5.32 Å². The summed E-state index contributed by atoms with van der Waals surface area (Å²) in [4.78, 5) is 21.8. The molecular weight excluding hydrogens is 499 g/mol. The SMILES string of the molecule is O=C(Nc1ccc(Br)c2cccnc12)c1cnn2c(C(F)F)cc(-c3ccc(F)cc3)nc12. The Morgan fingerprint density at radius 1 is 1.09 bits per heavy atom. The van der Waals surface area contributed by atoms with Crippen LogP contribution in [0.2, 0.25) is 0 Å². The minimum Gasteiger partial charge on any atom is -0.320 e. The molecule has 5 rings (SSSR count). The molecule has 2 aromatic carbocycles. The number of fused-ring (bicyclic) bond motifs is 2. The molecule has 1 N–H and O–H groups in total. The van der Waals surface area contributed by atoms with Crippen molar-refractivity contribution in [2.75, 3.05) is 5.32 Å². The third-order valence-corrected chi connectivity index (χ3v) is 5.76. The molecular formula is C23H13BrF3N5O. The molecule has 3 aromatic heterocycles. The highest BCUT2D eigenvalue weighted by molar-refractivity contribution is 9.10. The molecule has 164 valence electrons. The van der Waals surface area contributed by atoms with Gasteiger partial charge >= 0.3 is 0 Å². The van der Waals surface area contributed by atoms with Crippen LogP contribution in [0.15, 0.2) is 71.5 Å². The number of carbonyl (C=O) groups excluding carboxylic acids is 1. The van der Waals surface area contributed by atoms with Crippen molar-refractivity contribution in [2.45, 2.75) is 6.43 Å². The van der Waals surface area contributed by atoms with Crippen LogP contribution in [-0.4, -0.2) is 25.5 Å². The maximum atomic E-state index is 13.8. The van der Waals surface area contributed by atoms with Crippen LogP contribution in [-0.2, 0) is 0 Å². The summed E-state index contributed by atoms with van der Waals surface area (Å²) < 4.78 is 42.6. The predicted octanol–water partition coefficient (Wildman–Crippen LogP) is 6.04. The Kier molecular flexibility index (Phi) is 5.29. The summed E-state index contributed by atoms with van der Waals surface area (Å²) in [6.45, 7) is 0. The number of benzene rings is 2. The number of hydrogen-bond donors (Lipinski definition) is 1. The van der Waals surface area contributed by atoms with Crippen LogP contribution in [0.5, 0.6) is 0 Å². The molecule has 3 heterocycles. The number of pyridine rings is 1. The maximum absolute atomic E-state index is 13.8. The zero-order valence-electron chi connectivity index (χ0n) is 16.6. The van der Waals surface area contributed by atoms with Gasteiger partial charge in [-0.1, -0.05) is 22.0 Å². The molecule has 6 nitrogen and oxygen atoms in total. The van der Waals surface area contributed by atoms with Crippen LogP contribution in [0.25, 0.3) is 27.8 Å². The van der Waals surface area contributed by atoms with Crippen molar-refractivity contribution in [2.24, 2.45) is 0 Å². The first-order chi connectivity index (χ1) is 15.9. The highest BCUT2D eigenvalue weighted by atomic mass is 79.9. The number of amides is 1. The van der Waals surface area contributed by atoms with Gasteiger partial charge in [-0.2, -0.15) is 5.10 Å². The van der Waals surface area contributed by atoms with Gasteiger partial charge in [0.25, 0.3) is 12.3 Å². The van der Waals surface area contributed by atoms with Crippen molar-refractivity contribution >= 4 is 44.1 Å². The number of nitrogens with zero attached hydrogens (tertiary/aromatic N) is 4. The second-order valence-corrected chi connectivity index (χ2v) is 7.97. The minimum atomic E-state index is -2.87. The molecule has 0 aliphatic rings. The van der Waals surface area contributed by atoms with Gasteiger partial charge in [0, 0.05) is 21.6 Å². The summed E-state index contributed by atoms with van der Waals surface area (Å²) in [6.07, 6.45) is -0.0809. The normalized spacial score (nSPS) is 11.4. The molecule has 0 unspecified atom stereocenters. The lowest BCUT2D eigenvalue weighted by atomic mass is 10.1. The Bertz CT molecular complexity index is 1520. The van der Waals surface area contributed by atoms with Crippen molar-refractivity contribution in [3.63, 3.8) is 0 Å². The van der Waals surface area contributed by atoms with Crippen molar-refractivity contribution in [1.82, 2.24) is 19.6 Å². The smallest absolute Gasteiger partial charge is 0.280 e. The monoisotopic (exact) mass is 511 g/mol.